The summed E-state index contributed by atoms with van der Waals surface area (Å²) in [4.78, 5) is 12.1. The van der Waals surface area contributed by atoms with E-state index in [0.29, 0.717) is 6.54 Å². The van der Waals surface area contributed by atoms with Crippen LogP contribution in [0.15, 0.2) is 18.2 Å². The van der Waals surface area contributed by atoms with Crippen LogP contribution in [0, 0.1) is 0 Å². The molecular weight excluding hydrogens is 240 g/mol. The van der Waals surface area contributed by atoms with Crippen molar-refractivity contribution in [3.05, 3.63) is 29.3 Å². The predicted octanol–water partition coefficient (Wildman–Crippen LogP) is 1.95. The van der Waals surface area contributed by atoms with Crippen LogP contribution in [0.25, 0.3) is 0 Å². The third kappa shape index (κ3) is 2.89. The summed E-state index contributed by atoms with van der Waals surface area (Å²) in [6, 6.07) is 5.87. The van der Waals surface area contributed by atoms with E-state index in [4.69, 9.17) is 4.74 Å². The first-order valence-corrected chi connectivity index (χ1v) is 7.09. The summed E-state index contributed by atoms with van der Waals surface area (Å²) < 4.78 is 5.61. The van der Waals surface area contributed by atoms with E-state index < -0.39 is 0 Å². The average Bonchev–Trinajstić information content (AvgIpc) is 2.93. The number of fused-ring (bicyclic) bond motifs is 1. The van der Waals surface area contributed by atoms with E-state index in [0.717, 1.165) is 43.7 Å². The van der Waals surface area contributed by atoms with Gasteiger partial charge in [-0.1, -0.05) is 0 Å². The van der Waals surface area contributed by atoms with Gasteiger partial charge < -0.3 is 15.4 Å². The van der Waals surface area contributed by atoms with Crippen molar-refractivity contribution in [2.75, 3.05) is 25.0 Å². The van der Waals surface area contributed by atoms with Crippen LogP contribution in [0.5, 0.6) is 0 Å². The average molecular weight is 260 g/mol. The van der Waals surface area contributed by atoms with E-state index in [-0.39, 0.29) is 12.0 Å². The van der Waals surface area contributed by atoms with E-state index in [2.05, 4.69) is 10.6 Å². The minimum atomic E-state index is 0.00359. The van der Waals surface area contributed by atoms with Gasteiger partial charge in [-0.15, -0.1) is 0 Å². The van der Waals surface area contributed by atoms with E-state index in [1.807, 2.05) is 18.2 Å². The molecule has 0 bridgehead atoms. The number of rotatable bonds is 3. The lowest BCUT2D eigenvalue weighted by Gasteiger charge is -2.22. The smallest absolute Gasteiger partial charge is 0.251 e. The molecule has 3 rings (SSSR count). The molecule has 2 N–H and O–H groups in total. The molecule has 2 heterocycles. The second kappa shape index (κ2) is 5.61. The van der Waals surface area contributed by atoms with Crippen LogP contribution in [-0.2, 0) is 11.2 Å². The molecule has 4 nitrogen and oxygen atoms in total. The van der Waals surface area contributed by atoms with Gasteiger partial charge in [0.1, 0.15) is 0 Å². The quantitative estimate of drug-likeness (QED) is 0.873. The maximum Gasteiger partial charge on any atom is 0.251 e. The lowest BCUT2D eigenvalue weighted by molar-refractivity contribution is 0.0169. The van der Waals surface area contributed by atoms with E-state index in [9.17, 15) is 4.79 Å². The molecule has 0 aromatic heterocycles. The fraction of sp³-hybridized carbons (Fsp3) is 0.533. The van der Waals surface area contributed by atoms with Gasteiger partial charge in [0.05, 0.1) is 6.10 Å². The Kier molecular flexibility index (Phi) is 3.69. The lowest BCUT2D eigenvalue weighted by Crippen LogP contribution is -2.35. The number of nitrogens with one attached hydrogen (secondary N) is 2. The van der Waals surface area contributed by atoms with Crippen molar-refractivity contribution in [1.29, 1.82) is 0 Å². The second-order valence-corrected chi connectivity index (χ2v) is 5.25. The number of ether oxygens (including phenoxy) is 1. The highest BCUT2D eigenvalue weighted by Crippen LogP contribution is 2.23. The van der Waals surface area contributed by atoms with E-state index in [1.165, 1.54) is 12.0 Å². The van der Waals surface area contributed by atoms with Crippen LogP contribution in [-0.4, -0.2) is 31.7 Å². The van der Waals surface area contributed by atoms with Gasteiger partial charge in [-0.2, -0.15) is 0 Å². The highest BCUT2D eigenvalue weighted by molar-refractivity contribution is 5.95. The zero-order chi connectivity index (χ0) is 13.1. The number of benzene rings is 1. The fourth-order valence-corrected chi connectivity index (χ4v) is 2.72. The van der Waals surface area contributed by atoms with Gasteiger partial charge in [0.2, 0.25) is 0 Å². The fourth-order valence-electron chi connectivity index (χ4n) is 2.72. The monoisotopic (exact) mass is 260 g/mol. The number of carbonyl (C=O) groups is 1. The molecular formula is C15H20N2O2. The summed E-state index contributed by atoms with van der Waals surface area (Å²) in [6.07, 6.45) is 4.58. The highest BCUT2D eigenvalue weighted by Gasteiger charge is 2.17. The molecule has 1 amide bonds. The molecule has 1 fully saturated rings. The molecule has 0 radical (unpaired) electrons. The van der Waals surface area contributed by atoms with Crippen LogP contribution < -0.4 is 10.6 Å². The third-order valence-electron chi connectivity index (χ3n) is 3.84. The van der Waals surface area contributed by atoms with Crippen LogP contribution >= 0.6 is 0 Å². The second-order valence-electron chi connectivity index (χ2n) is 5.25. The standard InChI is InChI=1S/C15H20N2O2/c18-15(17-10-13-3-1-2-8-19-13)12-4-5-14-11(9-12)6-7-16-14/h4-5,9,13,16H,1-3,6-8,10H2,(H,17,18). The van der Waals surface area contributed by atoms with Gasteiger partial charge in [0, 0.05) is 30.9 Å². The molecule has 1 aromatic rings. The molecule has 0 saturated carbocycles. The minimum absolute atomic E-state index is 0.00359. The van der Waals surface area contributed by atoms with Crippen LogP contribution in [0.4, 0.5) is 5.69 Å². The van der Waals surface area contributed by atoms with Crippen molar-refractivity contribution in [2.45, 2.75) is 31.8 Å². The highest BCUT2D eigenvalue weighted by atomic mass is 16.5. The summed E-state index contributed by atoms with van der Waals surface area (Å²) in [7, 11) is 0. The van der Waals surface area contributed by atoms with Gasteiger partial charge in [-0.25, -0.2) is 0 Å². The van der Waals surface area contributed by atoms with Crippen molar-refractivity contribution >= 4 is 11.6 Å². The van der Waals surface area contributed by atoms with Crippen molar-refractivity contribution in [3.8, 4) is 0 Å². The maximum absolute atomic E-state index is 12.1. The summed E-state index contributed by atoms with van der Waals surface area (Å²) in [5.41, 5.74) is 3.15. The summed E-state index contributed by atoms with van der Waals surface area (Å²) >= 11 is 0. The van der Waals surface area contributed by atoms with Gasteiger partial charge in [-0.05, 0) is 49.4 Å². The topological polar surface area (TPSA) is 50.4 Å². The summed E-state index contributed by atoms with van der Waals surface area (Å²) in [6.45, 7) is 2.41. The molecule has 1 unspecified atom stereocenters. The SMILES string of the molecule is O=C(NCC1CCCCO1)c1ccc2c(c1)CCN2. The minimum Gasteiger partial charge on any atom is -0.384 e. The predicted molar refractivity (Wildman–Crippen MR) is 74.6 cm³/mol. The molecule has 1 aromatic carbocycles. The van der Waals surface area contributed by atoms with Gasteiger partial charge in [0.25, 0.3) is 5.91 Å². The summed E-state index contributed by atoms with van der Waals surface area (Å²) in [5.74, 6) is 0.00359. The molecule has 2 aliphatic heterocycles. The van der Waals surface area contributed by atoms with Crippen LogP contribution in [0.3, 0.4) is 0 Å². The Morgan fingerprint density at radius 2 is 2.37 bits per heavy atom. The zero-order valence-electron chi connectivity index (χ0n) is 11.1. The van der Waals surface area contributed by atoms with E-state index in [1.54, 1.807) is 0 Å². The Hall–Kier alpha value is -1.55. The number of anilines is 1. The lowest BCUT2D eigenvalue weighted by atomic mass is 10.1. The van der Waals surface area contributed by atoms with Crippen LogP contribution in [0.1, 0.15) is 35.2 Å². The number of hydrogen-bond donors (Lipinski definition) is 2. The molecule has 19 heavy (non-hydrogen) atoms. The van der Waals surface area contributed by atoms with Crippen molar-refractivity contribution in [2.24, 2.45) is 0 Å². The molecule has 4 heteroatoms. The maximum atomic E-state index is 12.1. The van der Waals surface area contributed by atoms with Crippen LogP contribution in [0.2, 0.25) is 0 Å². The first-order chi connectivity index (χ1) is 9.33. The van der Waals surface area contributed by atoms with E-state index >= 15 is 0 Å². The summed E-state index contributed by atoms with van der Waals surface area (Å²) in [5, 5.41) is 6.27. The molecule has 1 saturated heterocycles. The van der Waals surface area contributed by atoms with Crippen molar-refractivity contribution < 1.29 is 9.53 Å². The van der Waals surface area contributed by atoms with Crippen molar-refractivity contribution in [3.63, 3.8) is 0 Å². The number of carbonyl (C=O) groups excluding carboxylic acids is 1. The molecule has 2 aliphatic rings. The Morgan fingerprint density at radius 3 is 3.21 bits per heavy atom. The number of hydrogen-bond acceptors (Lipinski definition) is 3. The van der Waals surface area contributed by atoms with Gasteiger partial charge >= 0.3 is 0 Å². The largest absolute Gasteiger partial charge is 0.384 e. The molecule has 0 aliphatic carbocycles. The molecule has 1 atom stereocenters. The Balaban J connectivity index is 1.57. The normalized spacial score (nSPS) is 21.6. The first kappa shape index (κ1) is 12.5. The Labute approximate surface area is 113 Å². The third-order valence-corrected chi connectivity index (χ3v) is 3.84. The van der Waals surface area contributed by atoms with Crippen molar-refractivity contribution in [1.82, 2.24) is 5.32 Å². The zero-order valence-corrected chi connectivity index (χ0v) is 11.1. The van der Waals surface area contributed by atoms with Gasteiger partial charge in [0.15, 0.2) is 0 Å². The Morgan fingerprint density at radius 1 is 1.42 bits per heavy atom. The molecule has 0 spiro atoms. The first-order valence-electron chi connectivity index (χ1n) is 7.09. The number of amides is 1. The van der Waals surface area contributed by atoms with Gasteiger partial charge in [-0.3, -0.25) is 4.79 Å². The molecule has 102 valence electrons. The Bertz CT molecular complexity index is 467.